The molecule has 1 heterocycles. The van der Waals surface area contributed by atoms with E-state index in [2.05, 4.69) is 6.58 Å². The average molecular weight is 318 g/mol. The Morgan fingerprint density at radius 1 is 1.30 bits per heavy atom. The van der Waals surface area contributed by atoms with Crippen LogP contribution in [0.3, 0.4) is 0 Å². The van der Waals surface area contributed by atoms with Crippen LogP contribution < -0.4 is 9.64 Å². The minimum atomic E-state index is -0.241. The number of rotatable bonds is 8. The quantitative estimate of drug-likeness (QED) is 0.587. The number of esters is 1. The van der Waals surface area contributed by atoms with Crippen LogP contribution in [0.25, 0.3) is 0 Å². The molecule has 1 N–H and O–H groups in total. The van der Waals surface area contributed by atoms with Gasteiger partial charge in [-0.05, 0) is 37.3 Å². The molecule has 0 spiro atoms. The van der Waals surface area contributed by atoms with E-state index in [0.29, 0.717) is 6.61 Å². The Bertz CT molecular complexity index is 509. The van der Waals surface area contributed by atoms with Crippen molar-refractivity contribution in [1.82, 2.24) is 0 Å². The van der Waals surface area contributed by atoms with Gasteiger partial charge in [0.1, 0.15) is 18.9 Å². The molecule has 1 aromatic rings. The van der Waals surface area contributed by atoms with Crippen molar-refractivity contribution >= 4 is 5.97 Å². The van der Waals surface area contributed by atoms with Crippen LogP contribution in [0.4, 0.5) is 0 Å². The summed E-state index contributed by atoms with van der Waals surface area (Å²) in [6.45, 7) is 8.78. The molecule has 0 aromatic heterocycles. The van der Waals surface area contributed by atoms with Crippen LogP contribution in [0.2, 0.25) is 0 Å². The molecule has 0 amide bonds. The second kappa shape index (κ2) is 9.36. The van der Waals surface area contributed by atoms with Gasteiger partial charge in [-0.3, -0.25) is 4.79 Å². The van der Waals surface area contributed by atoms with Crippen LogP contribution in [-0.4, -0.2) is 38.3 Å². The van der Waals surface area contributed by atoms with Gasteiger partial charge in [-0.1, -0.05) is 24.3 Å². The Labute approximate surface area is 139 Å². The summed E-state index contributed by atoms with van der Waals surface area (Å²) in [5, 5.41) is 0. The first-order valence-corrected chi connectivity index (χ1v) is 8.51. The Kier molecular flexibility index (Phi) is 7.14. The first-order chi connectivity index (χ1) is 11.2. The van der Waals surface area contributed by atoms with Crippen molar-refractivity contribution in [3.05, 3.63) is 42.5 Å². The van der Waals surface area contributed by atoms with E-state index in [0.717, 1.165) is 37.4 Å². The molecular weight excluding hydrogens is 290 g/mol. The first kappa shape index (κ1) is 17.5. The molecule has 1 aliphatic heterocycles. The molecule has 126 valence electrons. The largest absolute Gasteiger partial charge is 0.489 e. The number of hydrogen-bond donors (Lipinski definition) is 1. The molecule has 4 heteroatoms. The van der Waals surface area contributed by atoms with Gasteiger partial charge < -0.3 is 14.4 Å². The second-order valence-corrected chi connectivity index (χ2v) is 6.16. The Morgan fingerprint density at radius 2 is 2.04 bits per heavy atom. The van der Waals surface area contributed by atoms with Gasteiger partial charge in [0.25, 0.3) is 0 Å². The maximum Gasteiger partial charge on any atom is 0.303 e. The van der Waals surface area contributed by atoms with Crippen molar-refractivity contribution in [2.24, 2.45) is 0 Å². The number of benzene rings is 1. The monoisotopic (exact) mass is 318 g/mol. The Hall–Kier alpha value is -1.81. The lowest BCUT2D eigenvalue weighted by molar-refractivity contribution is -0.907. The smallest absolute Gasteiger partial charge is 0.303 e. The third kappa shape index (κ3) is 6.06. The molecule has 23 heavy (non-hydrogen) atoms. The summed E-state index contributed by atoms with van der Waals surface area (Å²) < 4.78 is 11.4. The van der Waals surface area contributed by atoms with Gasteiger partial charge in [-0.15, -0.1) is 6.58 Å². The molecule has 4 nitrogen and oxygen atoms in total. The lowest BCUT2D eigenvalue weighted by Gasteiger charge is -2.27. The predicted octanol–water partition coefficient (Wildman–Crippen LogP) is 1.79. The summed E-state index contributed by atoms with van der Waals surface area (Å²) in [5.41, 5.74) is 1.11. The van der Waals surface area contributed by atoms with E-state index >= 15 is 0 Å². The van der Waals surface area contributed by atoms with E-state index in [-0.39, 0.29) is 12.1 Å². The van der Waals surface area contributed by atoms with Gasteiger partial charge in [0, 0.05) is 6.92 Å². The summed E-state index contributed by atoms with van der Waals surface area (Å²) >= 11 is 0. The Balaban J connectivity index is 1.94. The lowest BCUT2D eigenvalue weighted by Crippen LogP contribution is -3.14. The fourth-order valence-corrected chi connectivity index (χ4v) is 3.10. The topological polar surface area (TPSA) is 40.0 Å². The predicted molar refractivity (Wildman–Crippen MR) is 90.8 cm³/mol. The van der Waals surface area contributed by atoms with Crippen molar-refractivity contribution in [2.45, 2.75) is 38.7 Å². The highest BCUT2D eigenvalue weighted by Crippen LogP contribution is 2.19. The molecule has 1 saturated heterocycles. The number of carbonyl (C=O) groups excluding carboxylic acids is 1. The van der Waals surface area contributed by atoms with Crippen molar-refractivity contribution in [3.63, 3.8) is 0 Å². The summed E-state index contributed by atoms with van der Waals surface area (Å²) in [4.78, 5) is 12.9. The van der Waals surface area contributed by atoms with E-state index in [4.69, 9.17) is 9.47 Å². The van der Waals surface area contributed by atoms with Gasteiger partial charge >= 0.3 is 5.97 Å². The standard InChI is InChI=1S/C19H27NO3/c1-3-9-17-10-5-6-11-19(17)22-15-18(23-16(2)21)14-20-12-7-4-8-13-20/h3,5-6,10-11,18H,1,4,7-9,12-15H2,2H3/p+1/t18-/m1/s1. The second-order valence-electron chi connectivity index (χ2n) is 6.16. The van der Waals surface area contributed by atoms with Gasteiger partial charge in [0.15, 0.2) is 6.10 Å². The zero-order valence-corrected chi connectivity index (χ0v) is 14.1. The third-order valence-corrected chi connectivity index (χ3v) is 4.17. The fourth-order valence-electron chi connectivity index (χ4n) is 3.10. The molecule has 1 aliphatic rings. The molecule has 0 aliphatic carbocycles. The number of hydrogen-bond acceptors (Lipinski definition) is 3. The molecule has 0 saturated carbocycles. The minimum Gasteiger partial charge on any atom is -0.489 e. The van der Waals surface area contributed by atoms with Crippen molar-refractivity contribution < 1.29 is 19.2 Å². The molecule has 0 unspecified atom stereocenters. The maximum atomic E-state index is 11.4. The number of allylic oxidation sites excluding steroid dienone is 1. The van der Waals surface area contributed by atoms with Gasteiger partial charge in [0.2, 0.25) is 0 Å². The third-order valence-electron chi connectivity index (χ3n) is 4.17. The van der Waals surface area contributed by atoms with E-state index in [1.165, 1.54) is 31.1 Å². The van der Waals surface area contributed by atoms with Crippen molar-refractivity contribution in [3.8, 4) is 5.75 Å². The number of quaternary nitrogens is 1. The van der Waals surface area contributed by atoms with Gasteiger partial charge in [-0.2, -0.15) is 0 Å². The SMILES string of the molecule is C=CCc1ccccc1OC[C@@H](C[NH+]1CCCCC1)OC(C)=O. The summed E-state index contributed by atoms with van der Waals surface area (Å²) in [7, 11) is 0. The van der Waals surface area contributed by atoms with E-state index in [1.807, 2.05) is 30.3 Å². The van der Waals surface area contributed by atoms with E-state index < -0.39 is 0 Å². The van der Waals surface area contributed by atoms with Crippen LogP contribution in [0, 0.1) is 0 Å². The number of likely N-dealkylation sites (tertiary alicyclic amines) is 1. The highest BCUT2D eigenvalue weighted by molar-refractivity contribution is 5.66. The number of nitrogens with one attached hydrogen (secondary N) is 1. The number of carbonyl (C=O) groups is 1. The molecule has 0 bridgehead atoms. The zero-order valence-electron chi connectivity index (χ0n) is 14.1. The van der Waals surface area contributed by atoms with Gasteiger partial charge in [0.05, 0.1) is 13.1 Å². The molecular formula is C19H28NO3+. The maximum absolute atomic E-state index is 11.4. The van der Waals surface area contributed by atoms with Crippen LogP contribution in [0.1, 0.15) is 31.7 Å². The van der Waals surface area contributed by atoms with E-state index in [9.17, 15) is 4.79 Å². The van der Waals surface area contributed by atoms with Crippen molar-refractivity contribution in [1.29, 1.82) is 0 Å². The van der Waals surface area contributed by atoms with Crippen LogP contribution in [0.5, 0.6) is 5.75 Å². The summed E-state index contributed by atoms with van der Waals surface area (Å²) in [5.74, 6) is 0.604. The van der Waals surface area contributed by atoms with Gasteiger partial charge in [-0.25, -0.2) is 0 Å². The summed E-state index contributed by atoms with van der Waals surface area (Å²) in [6.07, 6.45) is 6.26. The van der Waals surface area contributed by atoms with Crippen LogP contribution in [0.15, 0.2) is 36.9 Å². The lowest BCUT2D eigenvalue weighted by atomic mass is 10.1. The average Bonchev–Trinajstić information content (AvgIpc) is 2.54. The van der Waals surface area contributed by atoms with E-state index in [1.54, 1.807) is 0 Å². The number of piperidine rings is 1. The first-order valence-electron chi connectivity index (χ1n) is 8.51. The zero-order chi connectivity index (χ0) is 16.5. The summed E-state index contributed by atoms with van der Waals surface area (Å²) in [6, 6.07) is 7.94. The van der Waals surface area contributed by atoms with Crippen LogP contribution in [-0.2, 0) is 16.0 Å². The van der Waals surface area contributed by atoms with Crippen LogP contribution >= 0.6 is 0 Å². The molecule has 1 aromatic carbocycles. The molecule has 0 radical (unpaired) electrons. The Morgan fingerprint density at radius 3 is 2.74 bits per heavy atom. The highest BCUT2D eigenvalue weighted by Gasteiger charge is 2.22. The minimum absolute atomic E-state index is 0.197. The van der Waals surface area contributed by atoms with Crippen molar-refractivity contribution in [2.75, 3.05) is 26.2 Å². The fraction of sp³-hybridized carbons (Fsp3) is 0.526. The number of para-hydroxylation sites is 1. The number of ether oxygens (including phenoxy) is 2. The highest BCUT2D eigenvalue weighted by atomic mass is 16.6. The molecule has 1 atom stereocenters. The molecule has 2 rings (SSSR count). The molecule has 1 fully saturated rings. The normalized spacial score (nSPS) is 16.6.